The van der Waals surface area contributed by atoms with E-state index in [0.717, 1.165) is 23.7 Å². The van der Waals surface area contributed by atoms with Crippen LogP contribution in [0.1, 0.15) is 25.1 Å². The van der Waals surface area contributed by atoms with E-state index in [1.807, 2.05) is 30.3 Å². The van der Waals surface area contributed by atoms with E-state index in [1.165, 1.54) is 5.56 Å². The van der Waals surface area contributed by atoms with Gasteiger partial charge in [-0.2, -0.15) is 0 Å². The second-order valence-electron chi connectivity index (χ2n) is 4.92. The summed E-state index contributed by atoms with van der Waals surface area (Å²) in [6.07, 6.45) is 2.50. The molecule has 4 nitrogen and oxygen atoms in total. The van der Waals surface area contributed by atoms with Crippen LogP contribution in [0.5, 0.6) is 5.75 Å². The molecule has 1 N–H and O–H groups in total. The van der Waals surface area contributed by atoms with Crippen LogP contribution in [-0.2, 0) is 6.42 Å². The summed E-state index contributed by atoms with van der Waals surface area (Å²) in [5, 5.41) is 3.32. The molecular weight excluding hydrogens is 250 g/mol. The Labute approximate surface area is 120 Å². The first-order valence-electron chi connectivity index (χ1n) is 6.94. The van der Waals surface area contributed by atoms with E-state index in [2.05, 4.69) is 36.1 Å². The second-order valence-corrected chi connectivity index (χ2v) is 4.92. The average molecular weight is 271 g/mol. The van der Waals surface area contributed by atoms with E-state index in [9.17, 15) is 0 Å². The van der Waals surface area contributed by atoms with Crippen LogP contribution in [0.15, 0.2) is 36.7 Å². The predicted octanol–water partition coefficient (Wildman–Crippen LogP) is 3.23. The van der Waals surface area contributed by atoms with Crippen molar-refractivity contribution >= 4 is 5.82 Å². The van der Waals surface area contributed by atoms with E-state index in [4.69, 9.17) is 4.74 Å². The van der Waals surface area contributed by atoms with Gasteiger partial charge in [0.25, 0.3) is 0 Å². The normalized spacial score (nSPS) is 11.9. The summed E-state index contributed by atoms with van der Waals surface area (Å²) in [7, 11) is 0. The van der Waals surface area contributed by atoms with Crippen LogP contribution in [0, 0.1) is 6.92 Å². The maximum Gasteiger partial charge on any atom is 0.129 e. The topological polar surface area (TPSA) is 47.0 Å². The van der Waals surface area contributed by atoms with E-state index < -0.39 is 0 Å². The lowest BCUT2D eigenvalue weighted by atomic mass is 10.2. The van der Waals surface area contributed by atoms with Crippen LogP contribution in [0.3, 0.4) is 0 Å². The van der Waals surface area contributed by atoms with Crippen LogP contribution in [0.25, 0.3) is 0 Å². The third-order valence-corrected chi connectivity index (χ3v) is 3.00. The first-order chi connectivity index (χ1) is 9.67. The van der Waals surface area contributed by atoms with Gasteiger partial charge in [0, 0.05) is 11.8 Å². The summed E-state index contributed by atoms with van der Waals surface area (Å²) in [6.45, 7) is 6.81. The van der Waals surface area contributed by atoms with Crippen molar-refractivity contribution in [1.82, 2.24) is 9.97 Å². The minimum Gasteiger partial charge on any atom is -0.491 e. The summed E-state index contributed by atoms with van der Waals surface area (Å²) >= 11 is 0. The zero-order chi connectivity index (χ0) is 14.4. The Kier molecular flexibility index (Phi) is 4.93. The third kappa shape index (κ3) is 4.23. The summed E-state index contributed by atoms with van der Waals surface area (Å²) < 4.78 is 5.75. The van der Waals surface area contributed by atoms with Crippen molar-refractivity contribution < 1.29 is 4.74 Å². The van der Waals surface area contributed by atoms with E-state index in [1.54, 1.807) is 6.33 Å². The van der Waals surface area contributed by atoms with Gasteiger partial charge < -0.3 is 10.1 Å². The number of hydrogen-bond donors (Lipinski definition) is 1. The molecule has 20 heavy (non-hydrogen) atoms. The fourth-order valence-electron chi connectivity index (χ4n) is 1.82. The summed E-state index contributed by atoms with van der Waals surface area (Å²) in [6, 6.07) is 10.2. The number of nitrogens with zero attached hydrogens (tertiary/aromatic N) is 2. The molecule has 4 heteroatoms. The maximum absolute atomic E-state index is 5.75. The Morgan fingerprint density at radius 3 is 2.65 bits per heavy atom. The molecule has 2 rings (SSSR count). The molecule has 0 amide bonds. The Hall–Kier alpha value is -2.10. The van der Waals surface area contributed by atoms with Gasteiger partial charge in [0.15, 0.2) is 0 Å². The number of benzene rings is 1. The molecule has 0 aliphatic rings. The molecule has 1 unspecified atom stereocenters. The van der Waals surface area contributed by atoms with Crippen LogP contribution < -0.4 is 10.1 Å². The van der Waals surface area contributed by atoms with Crippen molar-refractivity contribution in [2.45, 2.75) is 33.2 Å². The van der Waals surface area contributed by atoms with Gasteiger partial charge in [-0.05, 0) is 32.4 Å². The Morgan fingerprint density at radius 2 is 1.95 bits per heavy atom. The van der Waals surface area contributed by atoms with Crippen LogP contribution in [-0.4, -0.2) is 22.6 Å². The lowest BCUT2D eigenvalue weighted by Gasteiger charge is -2.15. The minimum absolute atomic E-state index is 0.177. The van der Waals surface area contributed by atoms with Gasteiger partial charge in [0.05, 0.1) is 6.04 Å². The second kappa shape index (κ2) is 6.89. The van der Waals surface area contributed by atoms with Crippen molar-refractivity contribution in [2.24, 2.45) is 0 Å². The van der Waals surface area contributed by atoms with Crippen LogP contribution in [0.2, 0.25) is 0 Å². The lowest BCUT2D eigenvalue weighted by Crippen LogP contribution is -2.24. The quantitative estimate of drug-likeness (QED) is 0.876. The predicted molar refractivity (Wildman–Crippen MR) is 81.2 cm³/mol. The number of ether oxygens (including phenoxy) is 1. The lowest BCUT2D eigenvalue weighted by molar-refractivity contribution is 0.303. The van der Waals surface area contributed by atoms with Gasteiger partial charge in [-0.25, -0.2) is 9.97 Å². The molecule has 2 aromatic rings. The third-order valence-electron chi connectivity index (χ3n) is 3.00. The molecule has 0 saturated carbocycles. The zero-order valence-corrected chi connectivity index (χ0v) is 12.3. The summed E-state index contributed by atoms with van der Waals surface area (Å²) in [5.74, 6) is 1.73. The SMILES string of the molecule is CCc1cc(NC(C)COc2ccc(C)cc2)ncn1. The van der Waals surface area contributed by atoms with Crippen LogP contribution in [0.4, 0.5) is 5.82 Å². The molecule has 0 aliphatic heterocycles. The first kappa shape index (κ1) is 14.3. The molecule has 0 aliphatic carbocycles. The maximum atomic E-state index is 5.75. The molecule has 1 aromatic carbocycles. The molecule has 106 valence electrons. The highest BCUT2D eigenvalue weighted by molar-refractivity contribution is 5.36. The standard InChI is InChI=1S/C16H21N3O/c1-4-14-9-16(18-11-17-14)19-13(3)10-20-15-7-5-12(2)6-8-15/h5-9,11,13H,4,10H2,1-3H3,(H,17,18,19). The molecule has 0 saturated heterocycles. The fraction of sp³-hybridized carbons (Fsp3) is 0.375. The first-order valence-corrected chi connectivity index (χ1v) is 6.94. The smallest absolute Gasteiger partial charge is 0.129 e. The summed E-state index contributed by atoms with van der Waals surface area (Å²) in [4.78, 5) is 8.40. The number of nitrogens with one attached hydrogen (secondary N) is 1. The minimum atomic E-state index is 0.177. The van der Waals surface area contributed by atoms with E-state index >= 15 is 0 Å². The van der Waals surface area contributed by atoms with Crippen molar-refractivity contribution in [3.63, 3.8) is 0 Å². The van der Waals surface area contributed by atoms with Gasteiger partial charge in [-0.15, -0.1) is 0 Å². The van der Waals surface area contributed by atoms with E-state index in [0.29, 0.717) is 6.61 Å². The van der Waals surface area contributed by atoms with Crippen molar-refractivity contribution in [1.29, 1.82) is 0 Å². The monoisotopic (exact) mass is 271 g/mol. The van der Waals surface area contributed by atoms with Gasteiger partial charge in [0.2, 0.25) is 0 Å². The number of aromatic nitrogens is 2. The average Bonchev–Trinajstić information content (AvgIpc) is 2.47. The largest absolute Gasteiger partial charge is 0.491 e. The van der Waals surface area contributed by atoms with Gasteiger partial charge >= 0.3 is 0 Å². The number of aryl methyl sites for hydroxylation is 2. The highest BCUT2D eigenvalue weighted by Gasteiger charge is 2.05. The van der Waals surface area contributed by atoms with Gasteiger partial charge in [0.1, 0.15) is 24.5 Å². The molecule has 1 aromatic heterocycles. The molecule has 1 heterocycles. The molecule has 0 spiro atoms. The van der Waals surface area contributed by atoms with E-state index in [-0.39, 0.29) is 6.04 Å². The number of anilines is 1. The van der Waals surface area contributed by atoms with Gasteiger partial charge in [-0.3, -0.25) is 0 Å². The number of hydrogen-bond acceptors (Lipinski definition) is 4. The molecule has 1 atom stereocenters. The Balaban J connectivity index is 1.85. The van der Waals surface area contributed by atoms with Gasteiger partial charge in [-0.1, -0.05) is 24.6 Å². The molecule has 0 radical (unpaired) electrons. The van der Waals surface area contributed by atoms with Crippen molar-refractivity contribution in [3.05, 3.63) is 47.9 Å². The summed E-state index contributed by atoms with van der Waals surface area (Å²) in [5.41, 5.74) is 2.27. The molecule has 0 fully saturated rings. The van der Waals surface area contributed by atoms with Crippen molar-refractivity contribution in [3.8, 4) is 5.75 Å². The zero-order valence-electron chi connectivity index (χ0n) is 12.3. The van der Waals surface area contributed by atoms with Crippen LogP contribution >= 0.6 is 0 Å². The highest BCUT2D eigenvalue weighted by Crippen LogP contribution is 2.12. The molecular formula is C16H21N3O. The highest BCUT2D eigenvalue weighted by atomic mass is 16.5. The Morgan fingerprint density at radius 1 is 1.20 bits per heavy atom. The Bertz CT molecular complexity index is 540. The molecule has 0 bridgehead atoms. The number of rotatable bonds is 6. The fourth-order valence-corrected chi connectivity index (χ4v) is 1.82. The van der Waals surface area contributed by atoms with Crippen molar-refractivity contribution in [2.75, 3.05) is 11.9 Å².